The molecule has 126 valence electrons. The van der Waals surface area contributed by atoms with Crippen molar-refractivity contribution in [2.75, 3.05) is 11.1 Å². The summed E-state index contributed by atoms with van der Waals surface area (Å²) in [7, 11) is 0. The van der Waals surface area contributed by atoms with Crippen molar-refractivity contribution >= 4 is 23.1 Å². The number of nitrogens with two attached hydrogens (primary N) is 1. The SMILES string of the molecule is CC(=O)c1cccc(NC(=O)Cn2nnc(-c3ccccc3N)n2)c1. The van der Waals surface area contributed by atoms with E-state index < -0.39 is 0 Å². The minimum absolute atomic E-state index is 0.0702. The normalized spacial score (nSPS) is 10.4. The number of nitrogens with zero attached hydrogens (tertiary/aromatic N) is 4. The molecule has 1 aromatic heterocycles. The maximum Gasteiger partial charge on any atom is 0.248 e. The summed E-state index contributed by atoms with van der Waals surface area (Å²) < 4.78 is 0. The van der Waals surface area contributed by atoms with Gasteiger partial charge in [0.1, 0.15) is 6.54 Å². The number of carbonyl (C=O) groups excluding carboxylic acids is 2. The van der Waals surface area contributed by atoms with Crippen LogP contribution in [0.1, 0.15) is 17.3 Å². The van der Waals surface area contributed by atoms with E-state index in [1.165, 1.54) is 11.7 Å². The van der Waals surface area contributed by atoms with E-state index in [1.807, 2.05) is 12.1 Å². The second-order valence-electron chi connectivity index (χ2n) is 5.42. The summed E-state index contributed by atoms with van der Waals surface area (Å²) in [6.45, 7) is 1.36. The van der Waals surface area contributed by atoms with Gasteiger partial charge >= 0.3 is 0 Å². The van der Waals surface area contributed by atoms with Crippen LogP contribution in [0.25, 0.3) is 11.4 Å². The van der Waals surface area contributed by atoms with Gasteiger partial charge in [0, 0.05) is 22.5 Å². The first kappa shape index (κ1) is 16.3. The van der Waals surface area contributed by atoms with Crippen LogP contribution < -0.4 is 11.1 Å². The van der Waals surface area contributed by atoms with Crippen LogP contribution in [-0.4, -0.2) is 31.9 Å². The van der Waals surface area contributed by atoms with E-state index in [2.05, 4.69) is 20.7 Å². The van der Waals surface area contributed by atoms with Gasteiger partial charge in [-0.15, -0.1) is 10.2 Å². The third-order valence-corrected chi connectivity index (χ3v) is 3.49. The molecule has 0 aliphatic carbocycles. The van der Waals surface area contributed by atoms with Gasteiger partial charge in [0.05, 0.1) is 0 Å². The lowest BCUT2D eigenvalue weighted by Gasteiger charge is -2.05. The minimum Gasteiger partial charge on any atom is -0.398 e. The number of hydrogen-bond acceptors (Lipinski definition) is 6. The Morgan fingerprint density at radius 1 is 1.16 bits per heavy atom. The molecule has 0 unspecified atom stereocenters. The van der Waals surface area contributed by atoms with Crippen LogP contribution in [0.5, 0.6) is 0 Å². The monoisotopic (exact) mass is 336 g/mol. The van der Waals surface area contributed by atoms with E-state index >= 15 is 0 Å². The predicted octanol–water partition coefficient (Wildman–Crippen LogP) is 1.76. The third kappa shape index (κ3) is 3.86. The van der Waals surface area contributed by atoms with Crippen molar-refractivity contribution < 1.29 is 9.59 Å². The number of amides is 1. The maximum atomic E-state index is 12.1. The van der Waals surface area contributed by atoms with E-state index in [0.29, 0.717) is 28.3 Å². The average molecular weight is 336 g/mol. The van der Waals surface area contributed by atoms with Crippen LogP contribution in [0.15, 0.2) is 48.5 Å². The topological polar surface area (TPSA) is 116 Å². The Kier molecular flexibility index (Phi) is 4.51. The molecule has 0 spiro atoms. The summed E-state index contributed by atoms with van der Waals surface area (Å²) in [5.41, 5.74) is 8.13. The lowest BCUT2D eigenvalue weighted by atomic mass is 10.1. The Labute approximate surface area is 143 Å². The number of carbonyl (C=O) groups is 2. The van der Waals surface area contributed by atoms with Gasteiger partial charge in [-0.3, -0.25) is 9.59 Å². The van der Waals surface area contributed by atoms with Crippen molar-refractivity contribution in [2.45, 2.75) is 13.5 Å². The van der Waals surface area contributed by atoms with Crippen LogP contribution in [0, 0.1) is 0 Å². The van der Waals surface area contributed by atoms with E-state index in [9.17, 15) is 9.59 Å². The zero-order chi connectivity index (χ0) is 17.8. The Morgan fingerprint density at radius 3 is 2.72 bits per heavy atom. The molecule has 0 saturated carbocycles. The lowest BCUT2D eigenvalue weighted by molar-refractivity contribution is -0.117. The number of para-hydroxylation sites is 1. The summed E-state index contributed by atoms with van der Waals surface area (Å²) in [4.78, 5) is 24.7. The fraction of sp³-hybridized carbons (Fsp3) is 0.118. The van der Waals surface area contributed by atoms with Gasteiger partial charge in [0.2, 0.25) is 11.7 Å². The molecule has 3 aromatic rings. The molecule has 0 aliphatic rings. The highest BCUT2D eigenvalue weighted by molar-refractivity contribution is 5.97. The van der Waals surface area contributed by atoms with E-state index in [1.54, 1.807) is 36.4 Å². The molecule has 8 nitrogen and oxygen atoms in total. The van der Waals surface area contributed by atoms with E-state index in [4.69, 9.17) is 5.73 Å². The zero-order valence-electron chi connectivity index (χ0n) is 13.5. The smallest absolute Gasteiger partial charge is 0.248 e. The van der Waals surface area contributed by atoms with Gasteiger partial charge in [-0.05, 0) is 36.4 Å². The fourth-order valence-corrected chi connectivity index (χ4v) is 2.26. The summed E-state index contributed by atoms with van der Waals surface area (Å²) in [5.74, 6) is -0.0469. The molecule has 3 rings (SSSR count). The number of anilines is 2. The first-order valence-electron chi connectivity index (χ1n) is 7.56. The van der Waals surface area contributed by atoms with Crippen LogP contribution in [0.4, 0.5) is 11.4 Å². The van der Waals surface area contributed by atoms with Crippen molar-refractivity contribution in [3.8, 4) is 11.4 Å². The lowest BCUT2D eigenvalue weighted by Crippen LogP contribution is -2.20. The van der Waals surface area contributed by atoms with Gasteiger partial charge in [-0.25, -0.2) is 0 Å². The molecule has 25 heavy (non-hydrogen) atoms. The van der Waals surface area contributed by atoms with Crippen LogP contribution in [-0.2, 0) is 11.3 Å². The van der Waals surface area contributed by atoms with Crippen LogP contribution >= 0.6 is 0 Å². The molecule has 2 aromatic carbocycles. The number of nitrogens with one attached hydrogen (secondary N) is 1. The highest BCUT2D eigenvalue weighted by Gasteiger charge is 2.11. The van der Waals surface area contributed by atoms with Gasteiger partial charge in [0.25, 0.3) is 0 Å². The fourth-order valence-electron chi connectivity index (χ4n) is 2.26. The Morgan fingerprint density at radius 2 is 1.96 bits per heavy atom. The number of benzene rings is 2. The average Bonchev–Trinajstić information content (AvgIpc) is 3.03. The Balaban J connectivity index is 1.69. The number of nitrogen functional groups attached to an aromatic ring is 1. The molecule has 0 aliphatic heterocycles. The van der Waals surface area contributed by atoms with Gasteiger partial charge in [0.15, 0.2) is 5.78 Å². The first-order chi connectivity index (χ1) is 12.0. The van der Waals surface area contributed by atoms with Crippen molar-refractivity contribution in [1.29, 1.82) is 0 Å². The molecular weight excluding hydrogens is 320 g/mol. The number of ketones is 1. The molecule has 1 amide bonds. The maximum absolute atomic E-state index is 12.1. The van der Waals surface area contributed by atoms with Gasteiger partial charge < -0.3 is 11.1 Å². The molecule has 0 fully saturated rings. The highest BCUT2D eigenvalue weighted by atomic mass is 16.2. The Hall–Kier alpha value is -3.55. The number of Topliss-reactive ketones (excluding diaryl/α,β-unsaturated/α-hetero) is 1. The molecule has 8 heteroatoms. The first-order valence-corrected chi connectivity index (χ1v) is 7.56. The second kappa shape index (κ2) is 6.91. The number of tetrazole rings is 1. The minimum atomic E-state index is -0.328. The standard InChI is InChI=1S/C17H16N6O2/c1-11(24)12-5-4-6-13(9-12)19-16(25)10-23-21-17(20-22-23)14-7-2-3-8-15(14)18/h2-9H,10,18H2,1H3,(H,19,25). The van der Waals surface area contributed by atoms with Crippen molar-refractivity contribution in [3.05, 3.63) is 54.1 Å². The molecule has 1 heterocycles. The van der Waals surface area contributed by atoms with Crippen molar-refractivity contribution in [2.24, 2.45) is 0 Å². The van der Waals surface area contributed by atoms with E-state index in [0.717, 1.165) is 0 Å². The molecule has 0 saturated heterocycles. The van der Waals surface area contributed by atoms with Gasteiger partial charge in [-0.1, -0.05) is 24.3 Å². The second-order valence-corrected chi connectivity index (χ2v) is 5.42. The quantitative estimate of drug-likeness (QED) is 0.542. The van der Waals surface area contributed by atoms with Crippen LogP contribution in [0.2, 0.25) is 0 Å². The number of hydrogen-bond donors (Lipinski definition) is 2. The van der Waals surface area contributed by atoms with Crippen molar-refractivity contribution in [3.63, 3.8) is 0 Å². The highest BCUT2D eigenvalue weighted by Crippen LogP contribution is 2.20. The summed E-state index contributed by atoms with van der Waals surface area (Å²) >= 11 is 0. The summed E-state index contributed by atoms with van der Waals surface area (Å²) in [5, 5.41) is 14.7. The zero-order valence-corrected chi connectivity index (χ0v) is 13.5. The third-order valence-electron chi connectivity index (χ3n) is 3.49. The molecule has 0 bridgehead atoms. The summed E-state index contributed by atoms with van der Waals surface area (Å²) in [6, 6.07) is 13.9. The van der Waals surface area contributed by atoms with E-state index in [-0.39, 0.29) is 18.2 Å². The van der Waals surface area contributed by atoms with Gasteiger partial charge in [-0.2, -0.15) is 4.80 Å². The molecule has 0 atom stereocenters. The predicted molar refractivity (Wildman–Crippen MR) is 92.7 cm³/mol. The largest absolute Gasteiger partial charge is 0.398 e. The van der Waals surface area contributed by atoms with Crippen molar-refractivity contribution in [1.82, 2.24) is 20.2 Å². The Bertz CT molecular complexity index is 934. The molecule has 3 N–H and O–H groups in total. The molecule has 0 radical (unpaired) electrons. The summed E-state index contributed by atoms with van der Waals surface area (Å²) in [6.07, 6.45) is 0. The number of rotatable bonds is 5. The molecular formula is C17H16N6O2. The van der Waals surface area contributed by atoms with Crippen LogP contribution in [0.3, 0.4) is 0 Å². The number of aromatic nitrogens is 4.